The first-order valence-electron chi connectivity index (χ1n) is 3.98. The van der Waals surface area contributed by atoms with Gasteiger partial charge < -0.3 is 10.4 Å². The molecule has 3 nitrogen and oxygen atoms in total. The van der Waals surface area contributed by atoms with Crippen molar-refractivity contribution >= 4 is 17.5 Å². The summed E-state index contributed by atoms with van der Waals surface area (Å²) in [5, 5.41) is 11.0. The molecule has 0 heterocycles. The van der Waals surface area contributed by atoms with E-state index in [9.17, 15) is 9.18 Å². The molecule has 1 aromatic rings. The topological polar surface area (TPSA) is 49.3 Å². The molecule has 0 aliphatic rings. The summed E-state index contributed by atoms with van der Waals surface area (Å²) in [4.78, 5) is 11.3. The lowest BCUT2D eigenvalue weighted by Gasteiger charge is -2.03. The summed E-state index contributed by atoms with van der Waals surface area (Å²) in [5.74, 6) is -1.02. The summed E-state index contributed by atoms with van der Waals surface area (Å²) in [6, 6.07) is 3.56. The third kappa shape index (κ3) is 2.97. The Labute approximate surface area is 85.5 Å². The highest BCUT2D eigenvalue weighted by molar-refractivity contribution is 6.31. The van der Waals surface area contributed by atoms with Gasteiger partial charge in [-0.25, -0.2) is 4.39 Å². The summed E-state index contributed by atoms with van der Waals surface area (Å²) in [5.41, 5.74) is 0.142. The molecule has 1 rings (SSSR count). The van der Waals surface area contributed by atoms with Gasteiger partial charge in [-0.1, -0.05) is 11.6 Å². The van der Waals surface area contributed by atoms with E-state index >= 15 is 0 Å². The standard InChI is InChI=1S/C9H9ClFNO2/c10-7-3-6(4-8(11)5-7)9(14)12-1-2-13/h3-5,13H,1-2H2,(H,12,14). The maximum absolute atomic E-state index is 12.8. The van der Waals surface area contributed by atoms with Crippen molar-refractivity contribution in [1.82, 2.24) is 5.32 Å². The number of aliphatic hydroxyl groups is 1. The smallest absolute Gasteiger partial charge is 0.251 e. The molecule has 14 heavy (non-hydrogen) atoms. The minimum absolute atomic E-state index is 0.132. The van der Waals surface area contributed by atoms with Crippen LogP contribution >= 0.6 is 11.6 Å². The molecule has 0 aliphatic carbocycles. The summed E-state index contributed by atoms with van der Waals surface area (Å²) in [6.07, 6.45) is 0. The summed E-state index contributed by atoms with van der Waals surface area (Å²) < 4.78 is 12.8. The summed E-state index contributed by atoms with van der Waals surface area (Å²) in [6.45, 7) is -0.0260. The molecule has 0 bridgehead atoms. The lowest BCUT2D eigenvalue weighted by Crippen LogP contribution is -2.26. The SMILES string of the molecule is O=C(NCCO)c1cc(F)cc(Cl)c1. The van der Waals surface area contributed by atoms with Gasteiger partial charge in [-0.3, -0.25) is 4.79 Å². The Kier molecular flexibility index (Phi) is 3.85. The Hall–Kier alpha value is -1.13. The van der Waals surface area contributed by atoms with E-state index in [1.54, 1.807) is 0 Å². The van der Waals surface area contributed by atoms with Crippen LogP contribution in [-0.4, -0.2) is 24.2 Å². The summed E-state index contributed by atoms with van der Waals surface area (Å²) in [7, 11) is 0. The van der Waals surface area contributed by atoms with Gasteiger partial charge in [0.1, 0.15) is 5.82 Å². The Morgan fingerprint density at radius 3 is 2.79 bits per heavy atom. The average molecular weight is 218 g/mol. The quantitative estimate of drug-likeness (QED) is 0.800. The van der Waals surface area contributed by atoms with E-state index in [2.05, 4.69) is 5.32 Å². The van der Waals surface area contributed by atoms with Crippen LogP contribution in [0.1, 0.15) is 10.4 Å². The van der Waals surface area contributed by atoms with Gasteiger partial charge in [-0.05, 0) is 18.2 Å². The van der Waals surface area contributed by atoms with Crippen molar-refractivity contribution in [3.63, 3.8) is 0 Å². The van der Waals surface area contributed by atoms with Crippen LogP contribution in [-0.2, 0) is 0 Å². The predicted octanol–water partition coefficient (Wildman–Crippen LogP) is 1.20. The molecule has 0 radical (unpaired) electrons. The van der Waals surface area contributed by atoms with E-state index < -0.39 is 11.7 Å². The van der Waals surface area contributed by atoms with E-state index in [-0.39, 0.29) is 23.7 Å². The third-order valence-corrected chi connectivity index (χ3v) is 1.74. The van der Waals surface area contributed by atoms with Crippen molar-refractivity contribution in [2.45, 2.75) is 0 Å². The van der Waals surface area contributed by atoms with Crippen LogP contribution in [0.5, 0.6) is 0 Å². The van der Waals surface area contributed by atoms with Crippen LogP contribution < -0.4 is 5.32 Å². The molecule has 1 aromatic carbocycles. The lowest BCUT2D eigenvalue weighted by molar-refractivity contribution is 0.0944. The lowest BCUT2D eigenvalue weighted by atomic mass is 10.2. The van der Waals surface area contributed by atoms with E-state index in [0.29, 0.717) is 0 Å². The molecule has 0 unspecified atom stereocenters. The molecule has 5 heteroatoms. The van der Waals surface area contributed by atoms with E-state index in [0.717, 1.165) is 12.1 Å². The highest BCUT2D eigenvalue weighted by Crippen LogP contribution is 2.13. The third-order valence-electron chi connectivity index (χ3n) is 1.52. The van der Waals surface area contributed by atoms with E-state index in [1.807, 2.05) is 0 Å². The van der Waals surface area contributed by atoms with Gasteiger partial charge in [-0.2, -0.15) is 0 Å². The second-order valence-electron chi connectivity index (χ2n) is 2.64. The number of amides is 1. The number of carbonyl (C=O) groups is 1. The van der Waals surface area contributed by atoms with Crippen LogP contribution in [0.15, 0.2) is 18.2 Å². The van der Waals surface area contributed by atoms with Gasteiger partial charge in [0.25, 0.3) is 5.91 Å². The molecular formula is C9H9ClFNO2. The van der Waals surface area contributed by atoms with Crippen molar-refractivity contribution in [3.05, 3.63) is 34.6 Å². The van der Waals surface area contributed by atoms with Gasteiger partial charge in [0, 0.05) is 17.1 Å². The molecule has 0 spiro atoms. The number of benzene rings is 1. The Bertz CT molecular complexity index is 323. The number of halogens is 2. The van der Waals surface area contributed by atoms with Crippen molar-refractivity contribution in [1.29, 1.82) is 0 Å². The number of rotatable bonds is 3. The zero-order chi connectivity index (χ0) is 10.6. The Balaban J connectivity index is 2.79. The van der Waals surface area contributed by atoms with Crippen LogP contribution in [0.25, 0.3) is 0 Å². The molecule has 2 N–H and O–H groups in total. The average Bonchev–Trinajstić information content (AvgIpc) is 2.12. The largest absolute Gasteiger partial charge is 0.395 e. The van der Waals surface area contributed by atoms with Gasteiger partial charge in [0.15, 0.2) is 0 Å². The molecule has 0 aliphatic heterocycles. The maximum Gasteiger partial charge on any atom is 0.251 e. The zero-order valence-corrected chi connectivity index (χ0v) is 8.01. The first kappa shape index (κ1) is 10.9. The van der Waals surface area contributed by atoms with Crippen molar-refractivity contribution in [3.8, 4) is 0 Å². The van der Waals surface area contributed by atoms with Crippen molar-refractivity contribution < 1.29 is 14.3 Å². The number of carbonyl (C=O) groups excluding carboxylic acids is 1. The number of hydrogen-bond donors (Lipinski definition) is 2. The van der Waals surface area contributed by atoms with Gasteiger partial charge in [0.2, 0.25) is 0 Å². The fourth-order valence-corrected chi connectivity index (χ4v) is 1.18. The number of aliphatic hydroxyl groups excluding tert-OH is 1. The number of nitrogens with one attached hydrogen (secondary N) is 1. The summed E-state index contributed by atoms with van der Waals surface area (Å²) >= 11 is 5.56. The van der Waals surface area contributed by atoms with Crippen LogP contribution in [0, 0.1) is 5.82 Å². The Morgan fingerprint density at radius 2 is 2.21 bits per heavy atom. The predicted molar refractivity (Wildman–Crippen MR) is 50.8 cm³/mol. The first-order chi connectivity index (χ1) is 6.63. The molecular weight excluding hydrogens is 209 g/mol. The molecule has 0 saturated heterocycles. The molecule has 0 atom stereocenters. The Morgan fingerprint density at radius 1 is 1.50 bits per heavy atom. The zero-order valence-electron chi connectivity index (χ0n) is 7.26. The molecule has 0 aromatic heterocycles. The van der Waals surface area contributed by atoms with Crippen molar-refractivity contribution in [2.75, 3.05) is 13.2 Å². The van der Waals surface area contributed by atoms with Crippen LogP contribution in [0.3, 0.4) is 0 Å². The number of hydrogen-bond acceptors (Lipinski definition) is 2. The minimum atomic E-state index is -0.563. The fraction of sp³-hybridized carbons (Fsp3) is 0.222. The van der Waals surface area contributed by atoms with E-state index in [1.165, 1.54) is 6.07 Å². The minimum Gasteiger partial charge on any atom is -0.395 e. The van der Waals surface area contributed by atoms with Crippen LogP contribution in [0.2, 0.25) is 5.02 Å². The van der Waals surface area contributed by atoms with Gasteiger partial charge in [-0.15, -0.1) is 0 Å². The van der Waals surface area contributed by atoms with Crippen molar-refractivity contribution in [2.24, 2.45) is 0 Å². The van der Waals surface area contributed by atoms with Gasteiger partial charge in [0.05, 0.1) is 6.61 Å². The van der Waals surface area contributed by atoms with E-state index in [4.69, 9.17) is 16.7 Å². The molecule has 76 valence electrons. The maximum atomic E-state index is 12.8. The molecule has 0 fully saturated rings. The second-order valence-corrected chi connectivity index (χ2v) is 3.07. The monoisotopic (exact) mass is 217 g/mol. The van der Waals surface area contributed by atoms with Crippen LogP contribution in [0.4, 0.5) is 4.39 Å². The molecule has 1 amide bonds. The van der Waals surface area contributed by atoms with Gasteiger partial charge >= 0.3 is 0 Å². The highest BCUT2D eigenvalue weighted by Gasteiger charge is 2.07. The normalized spacial score (nSPS) is 9.93. The molecule has 0 saturated carbocycles. The second kappa shape index (κ2) is 4.93. The fourth-order valence-electron chi connectivity index (χ4n) is 0.956. The first-order valence-corrected chi connectivity index (χ1v) is 4.36. The highest BCUT2D eigenvalue weighted by atomic mass is 35.5.